The molecule has 0 saturated heterocycles. The van der Waals surface area contributed by atoms with Gasteiger partial charge in [-0.25, -0.2) is 4.79 Å². The molecule has 100 valence electrons. The Morgan fingerprint density at radius 1 is 1.29 bits per heavy atom. The number of hydrogen-bond acceptors (Lipinski definition) is 3. The van der Waals surface area contributed by atoms with E-state index >= 15 is 0 Å². The average Bonchev–Trinajstić information content (AvgIpc) is 2.31. The van der Waals surface area contributed by atoms with Gasteiger partial charge in [-0.1, -0.05) is 57.7 Å². The molecule has 1 atom stereocenters. The number of ether oxygens (including phenoxy) is 2. The fourth-order valence-electron chi connectivity index (χ4n) is 1.35. The van der Waals surface area contributed by atoms with Crippen LogP contribution in [0.25, 0.3) is 0 Å². The molecule has 0 amide bonds. The topological polar surface area (TPSA) is 35.5 Å². The normalized spacial score (nSPS) is 12.5. The van der Waals surface area contributed by atoms with Gasteiger partial charge in [0.1, 0.15) is 6.61 Å². The predicted molar refractivity (Wildman–Crippen MR) is 76.7 cm³/mol. The third-order valence-corrected chi connectivity index (χ3v) is 3.28. The van der Waals surface area contributed by atoms with Crippen LogP contribution in [0.5, 0.6) is 0 Å². The quantitative estimate of drug-likeness (QED) is 0.253. The summed E-state index contributed by atoms with van der Waals surface area (Å²) >= 11 is 6.89. The van der Waals surface area contributed by atoms with Crippen LogP contribution >= 0.6 is 31.9 Å². The Morgan fingerprint density at radius 3 is 2.47 bits per heavy atom. The molecule has 0 aromatic heterocycles. The standard InChI is InChI=1S/C12H20Br2O3/c1-3-12(15)17-9-10(16-2)7-5-4-6-8-11(13)14/h3,10-11H,1,4-9H2,2H3. The summed E-state index contributed by atoms with van der Waals surface area (Å²) < 4.78 is 10.6. The highest BCUT2D eigenvalue weighted by atomic mass is 79.9. The Hall–Kier alpha value is 0.130. The first kappa shape index (κ1) is 17.1. The van der Waals surface area contributed by atoms with Gasteiger partial charge in [-0.3, -0.25) is 0 Å². The molecule has 0 aliphatic rings. The molecule has 0 radical (unpaired) electrons. The van der Waals surface area contributed by atoms with E-state index in [0.717, 1.165) is 25.7 Å². The SMILES string of the molecule is C=CC(=O)OCC(CCCCCC(Br)Br)OC. The summed E-state index contributed by atoms with van der Waals surface area (Å²) in [6.07, 6.45) is 6.59. The second kappa shape index (κ2) is 11.2. The van der Waals surface area contributed by atoms with Crippen molar-refractivity contribution in [2.75, 3.05) is 13.7 Å². The Bertz CT molecular complexity index is 220. The van der Waals surface area contributed by atoms with Gasteiger partial charge in [0.15, 0.2) is 0 Å². The highest BCUT2D eigenvalue weighted by Crippen LogP contribution is 2.17. The van der Waals surface area contributed by atoms with Crippen LogP contribution in [0.15, 0.2) is 12.7 Å². The Labute approximate surface area is 120 Å². The van der Waals surface area contributed by atoms with Gasteiger partial charge in [0.2, 0.25) is 0 Å². The zero-order valence-corrected chi connectivity index (χ0v) is 13.3. The highest BCUT2D eigenvalue weighted by Gasteiger charge is 2.09. The van der Waals surface area contributed by atoms with Crippen LogP contribution < -0.4 is 0 Å². The van der Waals surface area contributed by atoms with Crippen LogP contribution in [0.4, 0.5) is 0 Å². The Morgan fingerprint density at radius 2 is 1.94 bits per heavy atom. The van der Waals surface area contributed by atoms with Crippen LogP contribution in [0.2, 0.25) is 0 Å². The molecule has 0 N–H and O–H groups in total. The number of carbonyl (C=O) groups excluding carboxylic acids is 1. The lowest BCUT2D eigenvalue weighted by atomic mass is 10.1. The van der Waals surface area contributed by atoms with Gasteiger partial charge in [-0.15, -0.1) is 0 Å². The lowest BCUT2D eigenvalue weighted by Gasteiger charge is -2.14. The van der Waals surface area contributed by atoms with Crippen molar-refractivity contribution in [2.24, 2.45) is 0 Å². The van der Waals surface area contributed by atoms with Gasteiger partial charge < -0.3 is 9.47 Å². The molecule has 3 nitrogen and oxygen atoms in total. The van der Waals surface area contributed by atoms with Crippen LogP contribution in [-0.4, -0.2) is 29.5 Å². The lowest BCUT2D eigenvalue weighted by Crippen LogP contribution is -2.20. The molecule has 5 heteroatoms. The monoisotopic (exact) mass is 370 g/mol. The minimum atomic E-state index is -0.395. The van der Waals surface area contributed by atoms with Crippen LogP contribution in [-0.2, 0) is 14.3 Å². The summed E-state index contributed by atoms with van der Waals surface area (Å²) in [6, 6.07) is 0. The third-order valence-electron chi connectivity index (χ3n) is 2.36. The van der Waals surface area contributed by atoms with Crippen LogP contribution in [0.1, 0.15) is 32.1 Å². The lowest BCUT2D eigenvalue weighted by molar-refractivity contribution is -0.141. The number of alkyl halides is 2. The fraction of sp³-hybridized carbons (Fsp3) is 0.750. The molecule has 17 heavy (non-hydrogen) atoms. The summed E-state index contributed by atoms with van der Waals surface area (Å²) in [5.41, 5.74) is 0. The van der Waals surface area contributed by atoms with E-state index in [2.05, 4.69) is 38.4 Å². The largest absolute Gasteiger partial charge is 0.460 e. The van der Waals surface area contributed by atoms with E-state index in [0.29, 0.717) is 10.3 Å². The van der Waals surface area contributed by atoms with Gasteiger partial charge in [-0.05, 0) is 12.8 Å². The Kier molecular flexibility index (Phi) is 11.3. The number of esters is 1. The molecule has 0 aliphatic carbocycles. The van der Waals surface area contributed by atoms with Gasteiger partial charge >= 0.3 is 5.97 Å². The molecule has 0 heterocycles. The molecule has 0 fully saturated rings. The maximum absolute atomic E-state index is 10.9. The van der Waals surface area contributed by atoms with Crippen LogP contribution in [0, 0.1) is 0 Å². The molecule has 0 saturated carbocycles. The van der Waals surface area contributed by atoms with Crippen molar-refractivity contribution in [1.82, 2.24) is 0 Å². The van der Waals surface area contributed by atoms with E-state index in [1.807, 2.05) is 0 Å². The zero-order chi connectivity index (χ0) is 13.1. The summed E-state index contributed by atoms with van der Waals surface area (Å²) in [6.45, 7) is 3.65. The van der Waals surface area contributed by atoms with Gasteiger partial charge in [0.25, 0.3) is 0 Å². The van der Waals surface area contributed by atoms with Gasteiger partial charge in [0.05, 0.1) is 9.84 Å². The molecule has 0 rings (SSSR count). The van der Waals surface area contributed by atoms with E-state index in [1.165, 1.54) is 12.5 Å². The molecule has 0 aliphatic heterocycles. The fourth-order valence-corrected chi connectivity index (χ4v) is 2.00. The van der Waals surface area contributed by atoms with E-state index in [1.54, 1.807) is 7.11 Å². The first-order valence-electron chi connectivity index (χ1n) is 5.70. The van der Waals surface area contributed by atoms with E-state index < -0.39 is 5.97 Å². The minimum Gasteiger partial charge on any atom is -0.460 e. The number of methoxy groups -OCH3 is 1. The molecular formula is C12H20Br2O3. The third kappa shape index (κ3) is 11.0. The van der Waals surface area contributed by atoms with Crippen molar-refractivity contribution in [1.29, 1.82) is 0 Å². The molecule has 1 unspecified atom stereocenters. The molecule has 0 aromatic rings. The number of halogens is 2. The van der Waals surface area contributed by atoms with E-state index in [9.17, 15) is 4.79 Å². The minimum absolute atomic E-state index is 0.0114. The Balaban J connectivity index is 3.54. The molecule has 0 bridgehead atoms. The summed E-state index contributed by atoms with van der Waals surface area (Å²) in [4.78, 5) is 10.9. The molecular weight excluding hydrogens is 352 g/mol. The second-order valence-corrected chi connectivity index (χ2v) is 7.16. The van der Waals surface area contributed by atoms with Gasteiger partial charge in [0, 0.05) is 13.2 Å². The van der Waals surface area contributed by atoms with Crippen molar-refractivity contribution >= 4 is 37.8 Å². The van der Waals surface area contributed by atoms with Crippen molar-refractivity contribution in [3.8, 4) is 0 Å². The highest BCUT2D eigenvalue weighted by molar-refractivity contribution is 9.24. The summed E-state index contributed by atoms with van der Waals surface area (Å²) in [5, 5.41) is 0. The average molecular weight is 372 g/mol. The number of hydrogen-bond donors (Lipinski definition) is 0. The van der Waals surface area contributed by atoms with Crippen molar-refractivity contribution in [2.45, 2.75) is 41.9 Å². The maximum Gasteiger partial charge on any atom is 0.330 e. The smallest absolute Gasteiger partial charge is 0.330 e. The summed E-state index contributed by atoms with van der Waals surface area (Å²) in [7, 11) is 1.64. The van der Waals surface area contributed by atoms with Gasteiger partial charge in [-0.2, -0.15) is 0 Å². The van der Waals surface area contributed by atoms with Crippen molar-refractivity contribution in [3.63, 3.8) is 0 Å². The van der Waals surface area contributed by atoms with Crippen molar-refractivity contribution < 1.29 is 14.3 Å². The number of rotatable bonds is 10. The van der Waals surface area contributed by atoms with Crippen LogP contribution in [0.3, 0.4) is 0 Å². The van der Waals surface area contributed by atoms with Crippen molar-refractivity contribution in [3.05, 3.63) is 12.7 Å². The van der Waals surface area contributed by atoms with E-state index in [-0.39, 0.29) is 6.10 Å². The number of carbonyl (C=O) groups is 1. The predicted octanol–water partition coefficient (Wildman–Crippen LogP) is 3.80. The second-order valence-electron chi connectivity index (χ2n) is 3.72. The number of unbranched alkanes of at least 4 members (excludes halogenated alkanes) is 2. The maximum atomic E-state index is 10.9. The molecule has 0 spiro atoms. The first-order chi connectivity index (χ1) is 8.10. The summed E-state index contributed by atoms with van der Waals surface area (Å²) in [5.74, 6) is -0.395. The first-order valence-corrected chi connectivity index (χ1v) is 7.53. The van der Waals surface area contributed by atoms with E-state index in [4.69, 9.17) is 9.47 Å². The molecule has 0 aromatic carbocycles. The zero-order valence-electron chi connectivity index (χ0n) is 10.2.